The van der Waals surface area contributed by atoms with Gasteiger partial charge in [0.05, 0.1) is 5.56 Å². The molecule has 1 atom stereocenters. The van der Waals surface area contributed by atoms with Crippen molar-refractivity contribution in [3.05, 3.63) is 29.3 Å². The second-order valence-corrected chi connectivity index (χ2v) is 5.49. The van der Waals surface area contributed by atoms with Crippen molar-refractivity contribution in [1.82, 2.24) is 9.80 Å². The van der Waals surface area contributed by atoms with Crippen molar-refractivity contribution in [3.8, 4) is 5.75 Å². The summed E-state index contributed by atoms with van der Waals surface area (Å²) >= 11 is 0. The van der Waals surface area contributed by atoms with Crippen LogP contribution in [0.5, 0.6) is 5.75 Å². The summed E-state index contributed by atoms with van der Waals surface area (Å²) in [5.74, 6) is -0.0342. The molecule has 1 heterocycles. The van der Waals surface area contributed by atoms with Gasteiger partial charge in [0.15, 0.2) is 0 Å². The Morgan fingerprint density at radius 2 is 2.21 bits per heavy atom. The lowest BCUT2D eigenvalue weighted by Crippen LogP contribution is -2.47. The molecule has 19 heavy (non-hydrogen) atoms. The van der Waals surface area contributed by atoms with Crippen LogP contribution in [0.1, 0.15) is 28.8 Å². The molecular formula is C15H22N2O2. The van der Waals surface area contributed by atoms with Crippen molar-refractivity contribution in [3.63, 3.8) is 0 Å². The van der Waals surface area contributed by atoms with E-state index in [9.17, 15) is 9.90 Å². The van der Waals surface area contributed by atoms with Gasteiger partial charge in [-0.3, -0.25) is 4.79 Å². The molecule has 1 unspecified atom stereocenters. The number of likely N-dealkylation sites (tertiary alicyclic amines) is 1. The smallest absolute Gasteiger partial charge is 0.257 e. The third-order valence-corrected chi connectivity index (χ3v) is 3.85. The molecule has 1 aromatic carbocycles. The van der Waals surface area contributed by atoms with Crippen LogP contribution in [0.4, 0.5) is 0 Å². The minimum Gasteiger partial charge on any atom is -0.507 e. The molecule has 0 saturated carbocycles. The van der Waals surface area contributed by atoms with Crippen LogP contribution >= 0.6 is 0 Å². The van der Waals surface area contributed by atoms with E-state index in [1.807, 2.05) is 14.0 Å². The summed E-state index contributed by atoms with van der Waals surface area (Å²) in [5, 5.41) is 9.85. The number of piperidine rings is 1. The molecule has 0 radical (unpaired) electrons. The second kappa shape index (κ2) is 5.61. The largest absolute Gasteiger partial charge is 0.507 e. The summed E-state index contributed by atoms with van der Waals surface area (Å²) in [4.78, 5) is 16.5. The van der Waals surface area contributed by atoms with Crippen molar-refractivity contribution < 1.29 is 9.90 Å². The Kier molecular flexibility index (Phi) is 4.10. The number of carbonyl (C=O) groups excluding carboxylic acids is 1. The molecule has 4 heteroatoms. The van der Waals surface area contributed by atoms with Crippen LogP contribution in [-0.4, -0.2) is 54.0 Å². The van der Waals surface area contributed by atoms with Crippen LogP contribution in [0.15, 0.2) is 18.2 Å². The number of nitrogens with zero attached hydrogens (tertiary/aromatic N) is 2. The number of rotatable bonds is 2. The number of carbonyl (C=O) groups is 1. The number of hydrogen-bond donors (Lipinski definition) is 1. The second-order valence-electron chi connectivity index (χ2n) is 5.49. The monoisotopic (exact) mass is 262 g/mol. The Hall–Kier alpha value is -1.55. The maximum atomic E-state index is 12.5. The van der Waals surface area contributed by atoms with Gasteiger partial charge in [-0.2, -0.15) is 0 Å². The minimum atomic E-state index is -0.0958. The Morgan fingerprint density at radius 3 is 2.89 bits per heavy atom. The van der Waals surface area contributed by atoms with Gasteiger partial charge in [-0.25, -0.2) is 0 Å². The predicted molar refractivity (Wildman–Crippen MR) is 75.5 cm³/mol. The third-order valence-electron chi connectivity index (χ3n) is 3.85. The Labute approximate surface area is 114 Å². The molecule has 2 rings (SSSR count). The fraction of sp³-hybridized carbons (Fsp3) is 0.533. The normalized spacial score (nSPS) is 20.3. The highest BCUT2D eigenvalue weighted by Crippen LogP contribution is 2.22. The first-order valence-electron chi connectivity index (χ1n) is 6.74. The molecule has 1 saturated heterocycles. The molecule has 1 aliphatic heterocycles. The van der Waals surface area contributed by atoms with E-state index in [-0.39, 0.29) is 17.7 Å². The molecular weight excluding hydrogens is 240 g/mol. The summed E-state index contributed by atoms with van der Waals surface area (Å²) in [7, 11) is 3.91. The summed E-state index contributed by atoms with van der Waals surface area (Å²) in [6.07, 6.45) is 2.14. The van der Waals surface area contributed by atoms with Gasteiger partial charge < -0.3 is 14.9 Å². The van der Waals surface area contributed by atoms with Crippen LogP contribution in [0.25, 0.3) is 0 Å². The van der Waals surface area contributed by atoms with Crippen molar-refractivity contribution in [2.24, 2.45) is 0 Å². The summed E-state index contributed by atoms with van der Waals surface area (Å²) in [5.41, 5.74) is 1.38. The van der Waals surface area contributed by atoms with E-state index in [1.165, 1.54) is 0 Å². The lowest BCUT2D eigenvalue weighted by Gasteiger charge is -2.36. The minimum absolute atomic E-state index is 0.0617. The fourth-order valence-corrected chi connectivity index (χ4v) is 2.63. The molecule has 0 aliphatic carbocycles. The Balaban J connectivity index is 2.16. The van der Waals surface area contributed by atoms with Gasteiger partial charge in [0.1, 0.15) is 5.75 Å². The van der Waals surface area contributed by atoms with Crippen LogP contribution in [0.3, 0.4) is 0 Å². The standard InChI is InChI=1S/C15H22N2O2/c1-11-6-7-14(18)13(9-11)15(19)17(3)12-5-4-8-16(2)10-12/h6-7,9,12,18H,4-5,8,10H2,1-3H3. The highest BCUT2D eigenvalue weighted by atomic mass is 16.3. The molecule has 0 bridgehead atoms. The van der Waals surface area contributed by atoms with Crippen LogP contribution < -0.4 is 0 Å². The number of hydrogen-bond acceptors (Lipinski definition) is 3. The predicted octanol–water partition coefficient (Wildman–Crippen LogP) is 1.87. The van der Waals surface area contributed by atoms with E-state index in [1.54, 1.807) is 23.1 Å². The number of amides is 1. The van der Waals surface area contributed by atoms with Gasteiger partial charge in [-0.05, 0) is 45.5 Å². The van der Waals surface area contributed by atoms with E-state index in [4.69, 9.17) is 0 Å². The number of phenols is 1. The third kappa shape index (κ3) is 3.07. The summed E-state index contributed by atoms with van der Waals surface area (Å²) in [6.45, 7) is 3.91. The van der Waals surface area contributed by atoms with Crippen molar-refractivity contribution in [2.45, 2.75) is 25.8 Å². The summed E-state index contributed by atoms with van der Waals surface area (Å²) in [6, 6.07) is 5.37. The Bertz CT molecular complexity index is 473. The number of likely N-dealkylation sites (N-methyl/N-ethyl adjacent to an activating group) is 2. The first-order valence-corrected chi connectivity index (χ1v) is 6.74. The maximum absolute atomic E-state index is 12.5. The summed E-state index contributed by atoms with van der Waals surface area (Å²) < 4.78 is 0. The van der Waals surface area contributed by atoms with Gasteiger partial charge >= 0.3 is 0 Å². The van der Waals surface area contributed by atoms with Crippen molar-refractivity contribution in [2.75, 3.05) is 27.2 Å². The van der Waals surface area contributed by atoms with Gasteiger partial charge in [0, 0.05) is 19.6 Å². The molecule has 1 fully saturated rings. The van der Waals surface area contributed by atoms with E-state index in [0.717, 1.165) is 31.5 Å². The van der Waals surface area contributed by atoms with Crippen molar-refractivity contribution >= 4 is 5.91 Å². The molecule has 1 aromatic rings. The number of phenolic OH excluding ortho intramolecular Hbond substituents is 1. The maximum Gasteiger partial charge on any atom is 0.257 e. The van der Waals surface area contributed by atoms with Gasteiger partial charge in [0.2, 0.25) is 0 Å². The molecule has 1 amide bonds. The molecule has 4 nitrogen and oxygen atoms in total. The van der Waals surface area contributed by atoms with Gasteiger partial charge in [-0.15, -0.1) is 0 Å². The van der Waals surface area contributed by atoms with E-state index < -0.39 is 0 Å². The zero-order chi connectivity index (χ0) is 14.0. The SMILES string of the molecule is Cc1ccc(O)c(C(=O)N(C)C2CCCN(C)C2)c1. The number of benzene rings is 1. The Morgan fingerprint density at radius 1 is 1.47 bits per heavy atom. The zero-order valence-electron chi connectivity index (χ0n) is 11.9. The van der Waals surface area contributed by atoms with Gasteiger partial charge in [-0.1, -0.05) is 11.6 Å². The van der Waals surface area contributed by atoms with Crippen LogP contribution in [-0.2, 0) is 0 Å². The molecule has 104 valence electrons. The lowest BCUT2D eigenvalue weighted by atomic mass is 10.0. The van der Waals surface area contributed by atoms with Crippen molar-refractivity contribution in [1.29, 1.82) is 0 Å². The fourth-order valence-electron chi connectivity index (χ4n) is 2.63. The average Bonchev–Trinajstić information content (AvgIpc) is 2.40. The van der Waals surface area contributed by atoms with E-state index >= 15 is 0 Å². The lowest BCUT2D eigenvalue weighted by molar-refractivity contribution is 0.0641. The quantitative estimate of drug-likeness (QED) is 0.885. The van der Waals surface area contributed by atoms with Gasteiger partial charge in [0.25, 0.3) is 5.91 Å². The first-order chi connectivity index (χ1) is 8.99. The first kappa shape index (κ1) is 13.9. The molecule has 0 aromatic heterocycles. The molecule has 1 N–H and O–H groups in total. The topological polar surface area (TPSA) is 43.8 Å². The average molecular weight is 262 g/mol. The number of aromatic hydroxyl groups is 1. The van der Waals surface area contributed by atoms with Crippen LogP contribution in [0.2, 0.25) is 0 Å². The molecule has 1 aliphatic rings. The highest BCUT2D eigenvalue weighted by molar-refractivity contribution is 5.97. The molecule has 0 spiro atoms. The zero-order valence-corrected chi connectivity index (χ0v) is 11.9. The highest BCUT2D eigenvalue weighted by Gasteiger charge is 2.26. The number of aryl methyl sites for hydroxylation is 1. The van der Waals surface area contributed by atoms with E-state index in [2.05, 4.69) is 11.9 Å². The van der Waals surface area contributed by atoms with E-state index in [0.29, 0.717) is 5.56 Å². The van der Waals surface area contributed by atoms with Crippen LogP contribution in [0, 0.1) is 6.92 Å².